The van der Waals surface area contributed by atoms with Gasteiger partial charge in [-0.1, -0.05) is 0 Å². The van der Waals surface area contributed by atoms with Gasteiger partial charge < -0.3 is 15.1 Å². The number of thiazole rings is 1. The van der Waals surface area contributed by atoms with Crippen LogP contribution in [0.2, 0.25) is 0 Å². The molecule has 9 heteroatoms. The number of carbonyl (C=O) groups excluding carboxylic acids is 3. The molecule has 1 unspecified atom stereocenters. The quantitative estimate of drug-likeness (QED) is 0.740. The summed E-state index contributed by atoms with van der Waals surface area (Å²) in [6.07, 6.45) is 2.99. The Bertz CT molecular complexity index is 798. The number of hydrogen-bond acceptors (Lipinski definition) is 6. The Morgan fingerprint density at radius 1 is 1.48 bits per heavy atom. The number of nitrogens with one attached hydrogen (secondary N) is 3. The van der Waals surface area contributed by atoms with E-state index in [4.69, 9.17) is 4.42 Å². The van der Waals surface area contributed by atoms with E-state index in [9.17, 15) is 14.4 Å². The lowest BCUT2D eigenvalue weighted by molar-refractivity contribution is -0.129. The smallest absolute Gasteiger partial charge is 0.260 e. The summed E-state index contributed by atoms with van der Waals surface area (Å²) in [6, 6.07) is 1.10. The molecule has 1 fully saturated rings. The fourth-order valence-electron chi connectivity index (χ4n) is 2.55. The minimum atomic E-state index is -0.483. The molecule has 0 spiro atoms. The number of rotatable bonds is 5. The lowest BCUT2D eigenvalue weighted by atomic mass is 10.1. The molecule has 132 valence electrons. The van der Waals surface area contributed by atoms with Crippen LogP contribution in [-0.2, 0) is 16.0 Å². The molecule has 2 aromatic heterocycles. The van der Waals surface area contributed by atoms with Gasteiger partial charge in [-0.2, -0.15) is 0 Å². The summed E-state index contributed by atoms with van der Waals surface area (Å²) >= 11 is 1.24. The maximum Gasteiger partial charge on any atom is 0.260 e. The third-order valence-electron chi connectivity index (χ3n) is 3.84. The van der Waals surface area contributed by atoms with Gasteiger partial charge in [0.2, 0.25) is 11.8 Å². The molecular weight excluding hydrogens is 344 g/mol. The highest BCUT2D eigenvalue weighted by molar-refractivity contribution is 7.14. The van der Waals surface area contributed by atoms with Crippen molar-refractivity contribution in [1.29, 1.82) is 0 Å². The fraction of sp³-hybridized carbons (Fsp3) is 0.375. The van der Waals surface area contributed by atoms with E-state index in [-0.39, 0.29) is 24.1 Å². The second-order valence-corrected chi connectivity index (χ2v) is 6.58. The number of piperidine rings is 1. The third-order valence-corrected chi connectivity index (χ3v) is 4.64. The van der Waals surface area contributed by atoms with E-state index in [2.05, 4.69) is 20.9 Å². The van der Waals surface area contributed by atoms with Crippen molar-refractivity contribution in [2.24, 2.45) is 0 Å². The zero-order valence-electron chi connectivity index (χ0n) is 13.6. The molecule has 0 bridgehead atoms. The van der Waals surface area contributed by atoms with Crippen LogP contribution in [0.3, 0.4) is 0 Å². The Morgan fingerprint density at radius 3 is 3.04 bits per heavy atom. The number of carbonyl (C=O) groups is 3. The molecule has 1 aliphatic heterocycles. The molecule has 25 heavy (non-hydrogen) atoms. The minimum Gasteiger partial charge on any atom is -0.469 e. The second-order valence-electron chi connectivity index (χ2n) is 5.72. The highest BCUT2D eigenvalue weighted by Crippen LogP contribution is 2.18. The average Bonchev–Trinajstić information content (AvgIpc) is 3.18. The lowest BCUT2D eigenvalue weighted by Gasteiger charge is -2.22. The van der Waals surface area contributed by atoms with Crippen LogP contribution in [-0.4, -0.2) is 35.3 Å². The number of amides is 3. The predicted octanol–water partition coefficient (Wildman–Crippen LogP) is 1.23. The third kappa shape index (κ3) is 4.24. The Hall–Kier alpha value is -2.68. The van der Waals surface area contributed by atoms with Crippen LogP contribution in [0.5, 0.6) is 0 Å². The summed E-state index contributed by atoms with van der Waals surface area (Å²) < 4.78 is 5.10. The Morgan fingerprint density at radius 2 is 2.32 bits per heavy atom. The predicted molar refractivity (Wildman–Crippen MR) is 91.4 cm³/mol. The van der Waals surface area contributed by atoms with Gasteiger partial charge >= 0.3 is 0 Å². The van der Waals surface area contributed by atoms with Crippen LogP contribution in [0, 0.1) is 6.92 Å². The van der Waals surface area contributed by atoms with Gasteiger partial charge in [0.05, 0.1) is 23.9 Å². The van der Waals surface area contributed by atoms with Crippen molar-refractivity contribution in [3.63, 3.8) is 0 Å². The van der Waals surface area contributed by atoms with Gasteiger partial charge in [-0.15, -0.1) is 11.3 Å². The number of furan rings is 1. The van der Waals surface area contributed by atoms with Crippen molar-refractivity contribution >= 4 is 34.2 Å². The average molecular weight is 362 g/mol. The van der Waals surface area contributed by atoms with E-state index in [0.29, 0.717) is 35.1 Å². The summed E-state index contributed by atoms with van der Waals surface area (Å²) in [4.78, 5) is 40.1. The zero-order chi connectivity index (χ0) is 17.8. The van der Waals surface area contributed by atoms with Crippen LogP contribution < -0.4 is 16.0 Å². The summed E-state index contributed by atoms with van der Waals surface area (Å²) in [6.45, 7) is 2.35. The Balaban J connectivity index is 1.54. The molecule has 3 heterocycles. The topological polar surface area (TPSA) is 113 Å². The van der Waals surface area contributed by atoms with Crippen molar-refractivity contribution in [1.82, 2.24) is 15.6 Å². The van der Waals surface area contributed by atoms with Crippen LogP contribution >= 0.6 is 11.3 Å². The molecule has 0 radical (unpaired) electrons. The fourth-order valence-corrected chi connectivity index (χ4v) is 3.26. The number of hydrogen-bond donors (Lipinski definition) is 3. The van der Waals surface area contributed by atoms with E-state index in [1.165, 1.54) is 17.6 Å². The molecule has 3 N–H and O–H groups in total. The first-order valence-corrected chi connectivity index (χ1v) is 8.78. The van der Waals surface area contributed by atoms with Crippen LogP contribution in [0.1, 0.15) is 34.7 Å². The zero-order valence-corrected chi connectivity index (χ0v) is 14.4. The summed E-state index contributed by atoms with van der Waals surface area (Å²) in [5.41, 5.74) is 0.982. The van der Waals surface area contributed by atoms with E-state index in [0.717, 1.165) is 6.42 Å². The second kappa shape index (κ2) is 7.47. The first kappa shape index (κ1) is 17.2. The van der Waals surface area contributed by atoms with Crippen molar-refractivity contribution < 1.29 is 18.8 Å². The molecule has 8 nitrogen and oxygen atoms in total. The lowest BCUT2D eigenvalue weighted by Crippen LogP contribution is -2.50. The van der Waals surface area contributed by atoms with Crippen molar-refractivity contribution in [2.75, 3.05) is 11.9 Å². The summed E-state index contributed by atoms with van der Waals surface area (Å²) in [5, 5.41) is 10.2. The molecule has 0 saturated carbocycles. The molecule has 0 aliphatic carbocycles. The summed E-state index contributed by atoms with van der Waals surface area (Å²) in [5.74, 6) is -0.202. The maximum atomic E-state index is 12.1. The number of anilines is 1. The summed E-state index contributed by atoms with van der Waals surface area (Å²) in [7, 11) is 0. The van der Waals surface area contributed by atoms with Gasteiger partial charge in [-0.3, -0.25) is 19.7 Å². The van der Waals surface area contributed by atoms with Crippen molar-refractivity contribution in [3.8, 4) is 0 Å². The van der Waals surface area contributed by atoms with Gasteiger partial charge in [0.25, 0.3) is 5.91 Å². The molecule has 2 aromatic rings. The standard InChI is InChI=1S/C16H18N4O4S/c1-9-11(4-6-24-9)14(22)20-16-18-10(8-25-16)7-13(21)19-12-3-2-5-17-15(12)23/h4,6,8,12H,2-3,5,7H2,1H3,(H,17,23)(H,19,21)(H,18,20,22). The molecule has 1 saturated heterocycles. The normalized spacial score (nSPS) is 17.0. The van der Waals surface area contributed by atoms with Gasteiger partial charge in [-0.05, 0) is 25.8 Å². The SMILES string of the molecule is Cc1occc1C(=O)Nc1nc(CC(=O)NC2CCCNC2=O)cs1. The first-order chi connectivity index (χ1) is 12.0. The van der Waals surface area contributed by atoms with E-state index >= 15 is 0 Å². The Kier molecular flexibility index (Phi) is 5.13. The largest absolute Gasteiger partial charge is 0.469 e. The van der Waals surface area contributed by atoms with Crippen LogP contribution in [0.15, 0.2) is 22.1 Å². The van der Waals surface area contributed by atoms with Crippen molar-refractivity contribution in [3.05, 3.63) is 34.7 Å². The first-order valence-electron chi connectivity index (χ1n) is 7.90. The number of aryl methyl sites for hydroxylation is 1. The van der Waals surface area contributed by atoms with E-state index < -0.39 is 6.04 Å². The van der Waals surface area contributed by atoms with Gasteiger partial charge in [-0.25, -0.2) is 4.98 Å². The molecule has 1 atom stereocenters. The van der Waals surface area contributed by atoms with Gasteiger partial charge in [0, 0.05) is 11.9 Å². The van der Waals surface area contributed by atoms with E-state index in [1.54, 1.807) is 18.4 Å². The molecule has 1 aliphatic rings. The minimum absolute atomic E-state index is 0.0564. The van der Waals surface area contributed by atoms with E-state index in [1.807, 2.05) is 0 Å². The highest BCUT2D eigenvalue weighted by atomic mass is 32.1. The Labute approximate surface area is 148 Å². The van der Waals surface area contributed by atoms with Gasteiger partial charge in [0.15, 0.2) is 5.13 Å². The maximum absolute atomic E-state index is 12.1. The monoisotopic (exact) mass is 362 g/mol. The van der Waals surface area contributed by atoms with Gasteiger partial charge in [0.1, 0.15) is 11.8 Å². The number of aromatic nitrogens is 1. The van der Waals surface area contributed by atoms with Crippen LogP contribution in [0.4, 0.5) is 5.13 Å². The molecule has 0 aromatic carbocycles. The molecule has 3 rings (SSSR count). The molecule has 3 amide bonds. The molecular formula is C16H18N4O4S. The number of nitrogens with zero attached hydrogens (tertiary/aromatic N) is 1. The van der Waals surface area contributed by atoms with Crippen LogP contribution in [0.25, 0.3) is 0 Å². The van der Waals surface area contributed by atoms with Crippen molar-refractivity contribution in [2.45, 2.75) is 32.2 Å². The highest BCUT2D eigenvalue weighted by Gasteiger charge is 2.23.